The SMILES string of the molecule is CCOC(=O)CCN(C)Cc1c(Cl)cc(C)nc1Cl. The van der Waals surface area contributed by atoms with E-state index in [4.69, 9.17) is 27.9 Å². The summed E-state index contributed by atoms with van der Waals surface area (Å²) in [6.07, 6.45) is 0.346. The van der Waals surface area contributed by atoms with E-state index in [0.717, 1.165) is 11.3 Å². The number of pyridine rings is 1. The van der Waals surface area contributed by atoms with Crippen LogP contribution in [0.4, 0.5) is 0 Å². The van der Waals surface area contributed by atoms with E-state index in [9.17, 15) is 4.79 Å². The molecular weight excluding hydrogens is 287 g/mol. The highest BCUT2D eigenvalue weighted by atomic mass is 35.5. The van der Waals surface area contributed by atoms with Crippen LogP contribution in [-0.2, 0) is 16.1 Å². The second-order valence-electron chi connectivity index (χ2n) is 4.31. The lowest BCUT2D eigenvalue weighted by molar-refractivity contribution is -0.143. The molecule has 0 saturated carbocycles. The van der Waals surface area contributed by atoms with Gasteiger partial charge in [0.1, 0.15) is 5.15 Å². The fourth-order valence-electron chi connectivity index (χ4n) is 1.63. The average molecular weight is 305 g/mol. The fraction of sp³-hybridized carbons (Fsp3) is 0.538. The van der Waals surface area contributed by atoms with E-state index in [-0.39, 0.29) is 5.97 Å². The lowest BCUT2D eigenvalue weighted by Crippen LogP contribution is -2.22. The summed E-state index contributed by atoms with van der Waals surface area (Å²) in [5, 5.41) is 1.01. The molecule has 0 radical (unpaired) electrons. The summed E-state index contributed by atoms with van der Waals surface area (Å²) in [4.78, 5) is 17.4. The molecule has 0 N–H and O–H groups in total. The van der Waals surface area contributed by atoms with Gasteiger partial charge < -0.3 is 9.64 Å². The minimum atomic E-state index is -0.200. The maximum Gasteiger partial charge on any atom is 0.307 e. The number of nitrogens with zero attached hydrogens (tertiary/aromatic N) is 2. The number of hydrogen-bond acceptors (Lipinski definition) is 4. The minimum Gasteiger partial charge on any atom is -0.466 e. The van der Waals surface area contributed by atoms with Crippen LogP contribution in [-0.4, -0.2) is 36.1 Å². The molecule has 0 unspecified atom stereocenters. The molecule has 4 nitrogen and oxygen atoms in total. The zero-order valence-corrected chi connectivity index (χ0v) is 12.9. The molecule has 0 aliphatic rings. The molecule has 0 atom stereocenters. The molecule has 6 heteroatoms. The number of aromatic nitrogens is 1. The molecule has 0 aliphatic carbocycles. The van der Waals surface area contributed by atoms with Crippen molar-refractivity contribution in [2.75, 3.05) is 20.2 Å². The molecule has 1 aromatic rings. The van der Waals surface area contributed by atoms with E-state index in [1.54, 1.807) is 13.0 Å². The van der Waals surface area contributed by atoms with Crippen LogP contribution in [0.25, 0.3) is 0 Å². The Labute approximate surface area is 123 Å². The third kappa shape index (κ3) is 5.35. The summed E-state index contributed by atoms with van der Waals surface area (Å²) < 4.78 is 4.88. The second-order valence-corrected chi connectivity index (χ2v) is 5.07. The number of esters is 1. The van der Waals surface area contributed by atoms with Crippen molar-refractivity contribution < 1.29 is 9.53 Å². The van der Waals surface area contributed by atoms with Gasteiger partial charge in [-0.2, -0.15) is 0 Å². The number of hydrogen-bond donors (Lipinski definition) is 0. The molecule has 106 valence electrons. The van der Waals surface area contributed by atoms with Gasteiger partial charge in [0.2, 0.25) is 0 Å². The Hall–Kier alpha value is -0.840. The summed E-state index contributed by atoms with van der Waals surface area (Å²) in [7, 11) is 1.89. The Morgan fingerprint density at radius 1 is 1.47 bits per heavy atom. The van der Waals surface area contributed by atoms with Crippen molar-refractivity contribution in [1.29, 1.82) is 0 Å². The summed E-state index contributed by atoms with van der Waals surface area (Å²) in [6.45, 7) is 5.16. The maximum atomic E-state index is 11.3. The van der Waals surface area contributed by atoms with Crippen LogP contribution < -0.4 is 0 Å². The van der Waals surface area contributed by atoms with E-state index >= 15 is 0 Å². The monoisotopic (exact) mass is 304 g/mol. The third-order valence-electron chi connectivity index (χ3n) is 2.58. The highest BCUT2D eigenvalue weighted by Crippen LogP contribution is 2.24. The number of rotatable bonds is 6. The predicted molar refractivity (Wildman–Crippen MR) is 76.6 cm³/mol. The molecule has 0 saturated heterocycles. The van der Waals surface area contributed by atoms with Crippen LogP contribution in [0, 0.1) is 6.92 Å². The number of carbonyl (C=O) groups excluding carboxylic acids is 1. The van der Waals surface area contributed by atoms with Gasteiger partial charge in [0.05, 0.1) is 13.0 Å². The Kier molecular flexibility index (Phi) is 6.55. The van der Waals surface area contributed by atoms with Gasteiger partial charge in [-0.15, -0.1) is 0 Å². The number of ether oxygens (including phenoxy) is 1. The standard InChI is InChI=1S/C13H18Cl2N2O2/c1-4-19-12(18)5-6-17(3)8-10-11(14)7-9(2)16-13(10)15/h7H,4-6,8H2,1-3H3. The molecule has 1 rings (SSSR count). The molecule has 19 heavy (non-hydrogen) atoms. The second kappa shape index (κ2) is 7.68. The molecule has 0 amide bonds. The van der Waals surface area contributed by atoms with Crippen molar-refractivity contribution in [2.24, 2.45) is 0 Å². The predicted octanol–water partition coefficient (Wildman–Crippen LogP) is 3.08. The van der Waals surface area contributed by atoms with E-state index in [2.05, 4.69) is 4.98 Å². The van der Waals surface area contributed by atoms with E-state index in [1.165, 1.54) is 0 Å². The lowest BCUT2D eigenvalue weighted by atomic mass is 10.2. The third-order valence-corrected chi connectivity index (χ3v) is 3.23. The Balaban J connectivity index is 2.57. The van der Waals surface area contributed by atoms with Gasteiger partial charge in [0.25, 0.3) is 0 Å². The first kappa shape index (κ1) is 16.2. The van der Waals surface area contributed by atoms with Gasteiger partial charge in [-0.05, 0) is 27.0 Å². The van der Waals surface area contributed by atoms with Gasteiger partial charge in [0, 0.05) is 29.4 Å². The molecule has 0 bridgehead atoms. The summed E-state index contributed by atoms with van der Waals surface area (Å²) in [6, 6.07) is 1.78. The van der Waals surface area contributed by atoms with Crippen molar-refractivity contribution in [1.82, 2.24) is 9.88 Å². The Morgan fingerprint density at radius 2 is 2.16 bits per heavy atom. The van der Waals surface area contributed by atoms with Gasteiger partial charge in [-0.3, -0.25) is 4.79 Å². The summed E-state index contributed by atoms with van der Waals surface area (Å²) in [5.41, 5.74) is 1.56. The number of aryl methyl sites for hydroxylation is 1. The van der Waals surface area contributed by atoms with Gasteiger partial charge >= 0.3 is 5.97 Å². The minimum absolute atomic E-state index is 0.200. The summed E-state index contributed by atoms with van der Waals surface area (Å²) in [5.74, 6) is -0.200. The van der Waals surface area contributed by atoms with Crippen molar-refractivity contribution in [3.8, 4) is 0 Å². The molecular formula is C13H18Cl2N2O2. The normalized spacial score (nSPS) is 10.8. The lowest BCUT2D eigenvalue weighted by Gasteiger charge is -2.17. The van der Waals surface area contributed by atoms with Crippen LogP contribution in [0.3, 0.4) is 0 Å². The van der Waals surface area contributed by atoms with Gasteiger partial charge in [0.15, 0.2) is 0 Å². The van der Waals surface area contributed by atoms with Gasteiger partial charge in [-0.1, -0.05) is 23.2 Å². The largest absolute Gasteiger partial charge is 0.466 e. The topological polar surface area (TPSA) is 42.4 Å². The van der Waals surface area contributed by atoms with Crippen LogP contribution in [0.1, 0.15) is 24.6 Å². The smallest absolute Gasteiger partial charge is 0.307 e. The van der Waals surface area contributed by atoms with Crippen LogP contribution in [0.15, 0.2) is 6.07 Å². The highest BCUT2D eigenvalue weighted by molar-refractivity contribution is 6.35. The molecule has 0 aromatic carbocycles. The quantitative estimate of drug-likeness (QED) is 0.598. The van der Waals surface area contributed by atoms with Crippen LogP contribution >= 0.6 is 23.2 Å². The van der Waals surface area contributed by atoms with Gasteiger partial charge in [-0.25, -0.2) is 4.98 Å². The van der Waals surface area contributed by atoms with E-state index in [1.807, 2.05) is 18.9 Å². The van der Waals surface area contributed by atoms with Crippen LogP contribution in [0.5, 0.6) is 0 Å². The Bertz CT molecular complexity index is 429. The van der Waals surface area contributed by atoms with E-state index in [0.29, 0.717) is 36.3 Å². The first-order valence-corrected chi connectivity index (χ1v) is 6.85. The summed E-state index contributed by atoms with van der Waals surface area (Å²) >= 11 is 12.2. The first-order valence-electron chi connectivity index (χ1n) is 6.09. The maximum absolute atomic E-state index is 11.3. The molecule has 0 fully saturated rings. The zero-order chi connectivity index (χ0) is 14.4. The van der Waals surface area contributed by atoms with Crippen molar-refractivity contribution >= 4 is 29.2 Å². The molecule has 0 aliphatic heterocycles. The van der Waals surface area contributed by atoms with E-state index < -0.39 is 0 Å². The number of halogens is 2. The molecule has 0 spiro atoms. The molecule has 1 heterocycles. The van der Waals surface area contributed by atoms with Crippen LogP contribution in [0.2, 0.25) is 10.2 Å². The first-order chi connectivity index (χ1) is 8.93. The molecule has 1 aromatic heterocycles. The average Bonchev–Trinajstić information content (AvgIpc) is 2.31. The Morgan fingerprint density at radius 3 is 2.74 bits per heavy atom. The highest BCUT2D eigenvalue weighted by Gasteiger charge is 2.12. The fourth-order valence-corrected chi connectivity index (χ4v) is 2.28. The van der Waals surface area contributed by atoms with Crippen molar-refractivity contribution in [3.05, 3.63) is 27.5 Å². The van der Waals surface area contributed by atoms with Crippen molar-refractivity contribution in [2.45, 2.75) is 26.8 Å². The van der Waals surface area contributed by atoms with Crippen molar-refractivity contribution in [3.63, 3.8) is 0 Å². The zero-order valence-electron chi connectivity index (χ0n) is 11.4. The number of carbonyl (C=O) groups is 1.